The van der Waals surface area contributed by atoms with Crippen molar-refractivity contribution in [2.45, 2.75) is 23.6 Å². The molecule has 6 nitrogen and oxygen atoms in total. The molecule has 3 aromatic rings. The number of aromatic nitrogens is 1. The Labute approximate surface area is 195 Å². The third-order valence-electron chi connectivity index (χ3n) is 5.10. The molecule has 1 saturated heterocycles. The molecule has 0 unspecified atom stereocenters. The second-order valence-corrected chi connectivity index (χ2v) is 12.0. The number of thiazole rings is 1. The predicted molar refractivity (Wildman–Crippen MR) is 120 cm³/mol. The molecule has 0 radical (unpaired) electrons. The number of hydrogen-bond acceptors (Lipinski definition) is 5. The number of rotatable bonds is 4. The fourth-order valence-corrected chi connectivity index (χ4v) is 7.73. The van der Waals surface area contributed by atoms with E-state index in [1.165, 1.54) is 27.1 Å². The van der Waals surface area contributed by atoms with E-state index in [-0.39, 0.29) is 34.2 Å². The van der Waals surface area contributed by atoms with Gasteiger partial charge in [0.25, 0.3) is 15.9 Å². The van der Waals surface area contributed by atoms with Gasteiger partial charge in [0.05, 0.1) is 21.1 Å². The first-order valence-electron chi connectivity index (χ1n) is 9.46. The molecule has 1 amide bonds. The summed E-state index contributed by atoms with van der Waals surface area (Å²) in [7, 11) is -3.67. The second kappa shape index (κ2) is 9.03. The highest BCUT2D eigenvalue weighted by Gasteiger charge is 2.33. The molecule has 0 spiro atoms. The highest BCUT2D eigenvalue weighted by atomic mass is 35.5. The van der Waals surface area contributed by atoms with Crippen LogP contribution in [0.15, 0.2) is 33.5 Å². The van der Waals surface area contributed by atoms with E-state index >= 15 is 0 Å². The van der Waals surface area contributed by atoms with Gasteiger partial charge < -0.3 is 4.57 Å². The second-order valence-electron chi connectivity index (χ2n) is 7.10. The van der Waals surface area contributed by atoms with Crippen LogP contribution in [0.1, 0.15) is 12.8 Å². The van der Waals surface area contributed by atoms with Crippen LogP contribution >= 0.6 is 34.3 Å². The van der Waals surface area contributed by atoms with E-state index in [4.69, 9.17) is 18.0 Å². The van der Waals surface area contributed by atoms with Gasteiger partial charge in [0.2, 0.25) is 0 Å². The van der Waals surface area contributed by atoms with E-state index in [9.17, 15) is 22.0 Å². The van der Waals surface area contributed by atoms with Gasteiger partial charge in [-0.2, -0.15) is 9.30 Å². The number of carbonyl (C=O) groups excluding carboxylic acids is 1. The number of benzene rings is 1. The van der Waals surface area contributed by atoms with Crippen molar-refractivity contribution in [1.29, 1.82) is 0 Å². The van der Waals surface area contributed by atoms with E-state index in [2.05, 4.69) is 10.9 Å². The van der Waals surface area contributed by atoms with Crippen LogP contribution in [0.3, 0.4) is 0 Å². The van der Waals surface area contributed by atoms with Crippen molar-refractivity contribution in [1.82, 2.24) is 8.87 Å². The maximum Gasteiger partial charge on any atom is 0.252 e. The van der Waals surface area contributed by atoms with Crippen molar-refractivity contribution in [3.63, 3.8) is 0 Å². The topological polar surface area (TPSA) is 71.7 Å². The lowest BCUT2D eigenvalue weighted by molar-refractivity contribution is -0.122. The molecule has 4 rings (SSSR count). The van der Waals surface area contributed by atoms with Crippen molar-refractivity contribution in [2.24, 2.45) is 10.9 Å². The van der Waals surface area contributed by atoms with Crippen molar-refractivity contribution in [3.05, 3.63) is 45.0 Å². The van der Waals surface area contributed by atoms with Crippen LogP contribution in [0.4, 0.5) is 8.78 Å². The van der Waals surface area contributed by atoms with Crippen molar-refractivity contribution < 1.29 is 22.0 Å². The Morgan fingerprint density at radius 3 is 2.59 bits per heavy atom. The van der Waals surface area contributed by atoms with E-state index < -0.39 is 33.5 Å². The largest absolute Gasteiger partial charge is 0.302 e. The molecule has 1 aliphatic heterocycles. The molecule has 1 fully saturated rings. The van der Waals surface area contributed by atoms with E-state index in [0.717, 1.165) is 28.7 Å². The maximum absolute atomic E-state index is 14.3. The minimum atomic E-state index is -3.67. The summed E-state index contributed by atoms with van der Waals surface area (Å²) >= 11 is 7.81. The Balaban J connectivity index is 1.57. The van der Waals surface area contributed by atoms with Gasteiger partial charge in [-0.15, -0.1) is 17.8 Å². The van der Waals surface area contributed by atoms with Gasteiger partial charge in [-0.05, 0) is 31.0 Å². The lowest BCUT2D eigenvalue weighted by Gasteiger charge is -2.29. The van der Waals surface area contributed by atoms with Crippen LogP contribution in [-0.2, 0) is 21.4 Å². The minimum Gasteiger partial charge on any atom is -0.302 e. The Bertz CT molecular complexity index is 1410. The third kappa shape index (κ3) is 4.38. The number of terminal acetylenes is 1. The molecular weight excluding hydrogens is 500 g/mol. The molecule has 0 N–H and O–H groups in total. The molecule has 1 aliphatic rings. The van der Waals surface area contributed by atoms with Crippen LogP contribution in [0.2, 0.25) is 4.34 Å². The first-order chi connectivity index (χ1) is 15.2. The number of halogens is 3. The summed E-state index contributed by atoms with van der Waals surface area (Å²) in [6.07, 6.45) is 5.97. The molecule has 0 atom stereocenters. The molecule has 2 aromatic heterocycles. The lowest BCUT2D eigenvalue weighted by Crippen LogP contribution is -2.40. The summed E-state index contributed by atoms with van der Waals surface area (Å²) < 4.78 is 56.9. The molecule has 0 bridgehead atoms. The third-order valence-corrected chi connectivity index (χ3v) is 9.72. The number of hydrogen-bond donors (Lipinski definition) is 0. The molecule has 1 aromatic carbocycles. The fraction of sp³-hybridized carbons (Fsp3) is 0.300. The Hall–Kier alpha value is -2.10. The number of nitrogens with zero attached hydrogens (tertiary/aromatic N) is 3. The standard InChI is InChI=1S/C20H16ClF2N3O3S3/c1-2-7-26-18-14(23)10-13(22)11-15(18)30-20(26)24-19(27)12-5-8-25(9-6-12)32(28,29)17-4-3-16(21)31-17/h1,3-4,10-12H,5-9H2. The van der Waals surface area contributed by atoms with E-state index in [1.54, 1.807) is 0 Å². The summed E-state index contributed by atoms with van der Waals surface area (Å²) in [5.74, 6) is -0.0568. The lowest BCUT2D eigenvalue weighted by atomic mass is 9.98. The van der Waals surface area contributed by atoms with Crippen LogP contribution in [0.25, 0.3) is 10.2 Å². The summed E-state index contributed by atoms with van der Waals surface area (Å²) in [5.41, 5.74) is 0.0939. The normalized spacial score (nSPS) is 16.5. The number of piperidine rings is 1. The molecule has 3 heterocycles. The predicted octanol–water partition coefficient (Wildman–Crippen LogP) is 3.86. The number of fused-ring (bicyclic) bond motifs is 1. The first-order valence-corrected chi connectivity index (χ1v) is 12.9. The molecular formula is C20H16ClF2N3O3S3. The van der Waals surface area contributed by atoms with Gasteiger partial charge in [-0.3, -0.25) is 4.79 Å². The van der Waals surface area contributed by atoms with Crippen LogP contribution in [-0.4, -0.2) is 36.3 Å². The van der Waals surface area contributed by atoms with E-state index in [0.29, 0.717) is 21.9 Å². The zero-order valence-electron chi connectivity index (χ0n) is 16.4. The molecule has 0 aliphatic carbocycles. The van der Waals surface area contributed by atoms with Crippen LogP contribution < -0.4 is 4.80 Å². The zero-order chi connectivity index (χ0) is 23.0. The number of sulfonamides is 1. The monoisotopic (exact) mass is 515 g/mol. The summed E-state index contributed by atoms with van der Waals surface area (Å²) in [6, 6.07) is 4.91. The summed E-state index contributed by atoms with van der Waals surface area (Å²) in [5, 5.41) is 0. The highest BCUT2D eigenvalue weighted by Crippen LogP contribution is 2.31. The van der Waals surface area contributed by atoms with Crippen molar-refractivity contribution >= 4 is 60.4 Å². The quantitative estimate of drug-likeness (QED) is 0.495. The maximum atomic E-state index is 14.3. The van der Waals surface area contributed by atoms with Gasteiger partial charge in [0.1, 0.15) is 10.0 Å². The fourth-order valence-electron chi connectivity index (χ4n) is 3.54. The molecule has 32 heavy (non-hydrogen) atoms. The average molecular weight is 516 g/mol. The van der Waals surface area contributed by atoms with Gasteiger partial charge >= 0.3 is 0 Å². The molecule has 168 valence electrons. The number of amides is 1. The van der Waals surface area contributed by atoms with Gasteiger partial charge in [0, 0.05) is 25.1 Å². The minimum absolute atomic E-state index is 0.0330. The average Bonchev–Trinajstić information content (AvgIpc) is 3.32. The Morgan fingerprint density at radius 1 is 1.25 bits per heavy atom. The Kier molecular flexibility index (Phi) is 6.51. The zero-order valence-corrected chi connectivity index (χ0v) is 19.6. The number of thiophene rings is 1. The summed E-state index contributed by atoms with van der Waals surface area (Å²) in [6.45, 7) is 0.301. The SMILES string of the molecule is C#CCn1c(=NC(=O)C2CCN(S(=O)(=O)c3ccc(Cl)s3)CC2)sc2cc(F)cc(F)c21. The first kappa shape index (κ1) is 23.1. The highest BCUT2D eigenvalue weighted by molar-refractivity contribution is 7.91. The van der Waals surface area contributed by atoms with E-state index in [1.807, 2.05) is 0 Å². The van der Waals surface area contributed by atoms with Gasteiger partial charge in [0.15, 0.2) is 10.6 Å². The van der Waals surface area contributed by atoms with Crippen LogP contribution in [0.5, 0.6) is 0 Å². The van der Waals surface area contributed by atoms with Gasteiger partial charge in [-0.1, -0.05) is 28.9 Å². The Morgan fingerprint density at radius 2 is 1.97 bits per heavy atom. The van der Waals surface area contributed by atoms with Crippen molar-refractivity contribution in [2.75, 3.05) is 13.1 Å². The molecule has 12 heteroatoms. The molecule has 0 saturated carbocycles. The number of carbonyl (C=O) groups is 1. The van der Waals surface area contributed by atoms with Crippen molar-refractivity contribution in [3.8, 4) is 12.3 Å². The summed E-state index contributed by atoms with van der Waals surface area (Å²) in [4.78, 5) is 17.1. The van der Waals surface area contributed by atoms with Gasteiger partial charge in [-0.25, -0.2) is 17.2 Å². The van der Waals surface area contributed by atoms with Crippen LogP contribution in [0, 0.1) is 29.9 Å². The smallest absolute Gasteiger partial charge is 0.252 e.